The molecule has 0 aliphatic heterocycles. The van der Waals surface area contributed by atoms with Crippen LogP contribution in [0.15, 0.2) is 42.5 Å². The van der Waals surface area contributed by atoms with Gasteiger partial charge in [-0.25, -0.2) is 8.42 Å². The molecule has 13 heteroatoms. The second-order valence-corrected chi connectivity index (χ2v) is 12.0. The van der Waals surface area contributed by atoms with E-state index in [0.717, 1.165) is 48.7 Å². The van der Waals surface area contributed by atoms with Crippen LogP contribution in [0.3, 0.4) is 0 Å². The van der Waals surface area contributed by atoms with Gasteiger partial charge in [-0.3, -0.25) is 24.0 Å². The summed E-state index contributed by atoms with van der Waals surface area (Å²) in [5, 5.41) is 14.8. The largest absolute Gasteiger partial charge is 0.352 e. The third-order valence-corrected chi connectivity index (χ3v) is 8.37. The van der Waals surface area contributed by atoms with Crippen molar-refractivity contribution in [3.63, 3.8) is 0 Å². The number of hydrogen-bond acceptors (Lipinski definition) is 6. The molecule has 0 spiro atoms. The fourth-order valence-electron chi connectivity index (χ4n) is 4.38. The number of halogens is 2. The van der Waals surface area contributed by atoms with Gasteiger partial charge >= 0.3 is 0 Å². The van der Waals surface area contributed by atoms with Gasteiger partial charge in [0.25, 0.3) is 5.69 Å². The molecule has 1 saturated carbocycles. The highest BCUT2D eigenvalue weighted by Gasteiger charge is 2.32. The van der Waals surface area contributed by atoms with E-state index in [1.165, 1.54) is 23.1 Å². The molecule has 0 radical (unpaired) electrons. The maximum Gasteiger partial charge on any atom is 0.271 e. The molecule has 0 saturated heterocycles. The van der Waals surface area contributed by atoms with Crippen LogP contribution in [0.2, 0.25) is 10.0 Å². The normalized spacial score (nSPS) is 14.9. The molecular weight excluding hydrogens is 555 g/mol. The monoisotopic (exact) mass is 584 g/mol. The average Bonchev–Trinajstić information content (AvgIpc) is 2.86. The standard InChI is InChI=1S/C25H30Cl2N4O6S/c1-17(25(33)28-18-8-4-3-5-9-18)29(15-21-22(26)12-7-13-23(21)27)24(32)16-30(38(2,36)37)19-10-6-11-20(14-19)31(34)35/h6-7,10-14,17-18H,3-5,8-9,15-16H2,1-2H3,(H,28,33)/t17-/m0/s1. The minimum atomic E-state index is -4.04. The van der Waals surface area contributed by atoms with Crippen LogP contribution >= 0.6 is 23.2 Å². The lowest BCUT2D eigenvalue weighted by atomic mass is 9.95. The fraction of sp³-hybridized carbons (Fsp3) is 0.440. The molecule has 3 rings (SSSR count). The third-order valence-electron chi connectivity index (χ3n) is 6.52. The first-order valence-corrected chi connectivity index (χ1v) is 14.7. The first-order valence-electron chi connectivity index (χ1n) is 12.1. The van der Waals surface area contributed by atoms with Crippen molar-refractivity contribution in [2.24, 2.45) is 0 Å². The molecule has 1 atom stereocenters. The molecule has 1 fully saturated rings. The van der Waals surface area contributed by atoms with Crippen LogP contribution in [-0.2, 0) is 26.2 Å². The van der Waals surface area contributed by atoms with E-state index in [1.807, 2.05) is 0 Å². The Morgan fingerprint density at radius 3 is 2.29 bits per heavy atom. The number of sulfonamides is 1. The van der Waals surface area contributed by atoms with Crippen molar-refractivity contribution >= 4 is 56.4 Å². The van der Waals surface area contributed by atoms with E-state index in [2.05, 4.69) is 5.32 Å². The van der Waals surface area contributed by atoms with Crippen molar-refractivity contribution in [1.29, 1.82) is 0 Å². The maximum atomic E-state index is 13.7. The number of nitrogens with one attached hydrogen (secondary N) is 1. The van der Waals surface area contributed by atoms with Crippen molar-refractivity contribution in [2.45, 2.75) is 57.7 Å². The molecule has 1 aliphatic rings. The molecule has 0 bridgehead atoms. The van der Waals surface area contributed by atoms with Crippen molar-refractivity contribution in [3.05, 3.63) is 68.2 Å². The minimum Gasteiger partial charge on any atom is -0.352 e. The number of anilines is 1. The Hall–Kier alpha value is -2.89. The Balaban J connectivity index is 1.94. The molecule has 10 nitrogen and oxygen atoms in total. The lowest BCUT2D eigenvalue weighted by Crippen LogP contribution is -2.53. The van der Waals surface area contributed by atoms with Crippen molar-refractivity contribution in [1.82, 2.24) is 10.2 Å². The molecule has 2 aromatic carbocycles. The van der Waals surface area contributed by atoms with Crippen molar-refractivity contribution in [2.75, 3.05) is 17.1 Å². The molecule has 1 aliphatic carbocycles. The van der Waals surface area contributed by atoms with Crippen LogP contribution in [0, 0.1) is 10.1 Å². The molecule has 0 unspecified atom stereocenters. The Kier molecular flexibility index (Phi) is 9.97. The van der Waals surface area contributed by atoms with Crippen LogP contribution < -0.4 is 9.62 Å². The van der Waals surface area contributed by atoms with Gasteiger partial charge in [-0.05, 0) is 38.0 Å². The SMILES string of the molecule is C[C@@H](C(=O)NC1CCCCC1)N(Cc1c(Cl)cccc1Cl)C(=O)CN(c1cccc([N+](=O)[O-])c1)S(C)(=O)=O. The van der Waals surface area contributed by atoms with Crippen LogP contribution in [0.25, 0.3) is 0 Å². The number of hydrogen-bond donors (Lipinski definition) is 1. The number of benzene rings is 2. The summed E-state index contributed by atoms with van der Waals surface area (Å²) in [6.45, 7) is 0.714. The van der Waals surface area contributed by atoms with E-state index in [4.69, 9.17) is 23.2 Å². The number of carbonyl (C=O) groups excluding carboxylic acids is 2. The number of nitro benzene ring substituents is 1. The molecule has 2 amide bonds. The zero-order valence-electron chi connectivity index (χ0n) is 21.1. The Labute approximate surface area is 232 Å². The zero-order chi connectivity index (χ0) is 28.0. The Bertz CT molecular complexity index is 1280. The lowest BCUT2D eigenvalue weighted by molar-refractivity contribution is -0.384. The van der Waals surface area contributed by atoms with E-state index in [0.29, 0.717) is 5.56 Å². The number of non-ortho nitro benzene ring substituents is 1. The quantitative estimate of drug-likeness (QED) is 0.322. The van der Waals surface area contributed by atoms with Gasteiger partial charge in [0.15, 0.2) is 0 Å². The molecule has 1 N–H and O–H groups in total. The summed E-state index contributed by atoms with van der Waals surface area (Å²) in [5.74, 6) is -1.08. The van der Waals surface area contributed by atoms with E-state index < -0.39 is 33.4 Å². The molecule has 0 heterocycles. The van der Waals surface area contributed by atoms with Gasteiger partial charge in [-0.1, -0.05) is 54.6 Å². The number of nitro groups is 1. The summed E-state index contributed by atoms with van der Waals surface area (Å²) in [4.78, 5) is 38.7. The maximum absolute atomic E-state index is 13.7. The summed E-state index contributed by atoms with van der Waals surface area (Å²) in [6, 6.07) is 8.84. The second-order valence-electron chi connectivity index (χ2n) is 9.29. The number of rotatable bonds is 10. The predicted molar refractivity (Wildman–Crippen MR) is 147 cm³/mol. The van der Waals surface area contributed by atoms with E-state index >= 15 is 0 Å². The highest BCUT2D eigenvalue weighted by atomic mass is 35.5. The highest BCUT2D eigenvalue weighted by Crippen LogP contribution is 2.28. The van der Waals surface area contributed by atoms with Crippen LogP contribution in [0.4, 0.5) is 11.4 Å². The fourth-order valence-corrected chi connectivity index (χ4v) is 5.74. The molecule has 2 aromatic rings. The van der Waals surface area contributed by atoms with E-state index in [-0.39, 0.29) is 39.9 Å². The van der Waals surface area contributed by atoms with Gasteiger partial charge in [0, 0.05) is 40.3 Å². The average molecular weight is 586 g/mol. The third kappa shape index (κ3) is 7.58. The van der Waals surface area contributed by atoms with Crippen LogP contribution in [0.1, 0.15) is 44.6 Å². The number of amides is 2. The minimum absolute atomic E-state index is 0.00283. The van der Waals surface area contributed by atoms with Gasteiger partial charge in [0.1, 0.15) is 12.6 Å². The van der Waals surface area contributed by atoms with Gasteiger partial charge in [0.2, 0.25) is 21.8 Å². The first kappa shape index (κ1) is 29.7. The summed E-state index contributed by atoms with van der Waals surface area (Å²) >= 11 is 12.7. The summed E-state index contributed by atoms with van der Waals surface area (Å²) in [5.41, 5.74) is 0.0244. The van der Waals surface area contributed by atoms with Gasteiger partial charge in [-0.2, -0.15) is 0 Å². The molecule has 38 heavy (non-hydrogen) atoms. The van der Waals surface area contributed by atoms with Crippen LogP contribution in [0.5, 0.6) is 0 Å². The van der Waals surface area contributed by atoms with Crippen LogP contribution in [-0.4, -0.2) is 54.9 Å². The first-order chi connectivity index (χ1) is 17.9. The van der Waals surface area contributed by atoms with Crippen molar-refractivity contribution < 1.29 is 22.9 Å². The van der Waals surface area contributed by atoms with Crippen molar-refractivity contribution in [3.8, 4) is 0 Å². The predicted octanol–water partition coefficient (Wildman–Crippen LogP) is 4.53. The zero-order valence-corrected chi connectivity index (χ0v) is 23.4. The number of carbonyl (C=O) groups is 2. The molecule has 0 aromatic heterocycles. The Morgan fingerprint density at radius 1 is 1.11 bits per heavy atom. The molecule has 206 valence electrons. The van der Waals surface area contributed by atoms with Gasteiger partial charge < -0.3 is 10.2 Å². The highest BCUT2D eigenvalue weighted by molar-refractivity contribution is 7.92. The topological polar surface area (TPSA) is 130 Å². The smallest absolute Gasteiger partial charge is 0.271 e. The Morgan fingerprint density at radius 2 is 1.71 bits per heavy atom. The summed E-state index contributed by atoms with van der Waals surface area (Å²) in [7, 11) is -4.04. The van der Waals surface area contributed by atoms with E-state index in [1.54, 1.807) is 25.1 Å². The van der Waals surface area contributed by atoms with Gasteiger partial charge in [-0.15, -0.1) is 0 Å². The summed E-state index contributed by atoms with van der Waals surface area (Å²) in [6.07, 6.45) is 5.70. The van der Waals surface area contributed by atoms with E-state index in [9.17, 15) is 28.1 Å². The second kappa shape index (κ2) is 12.8. The number of nitrogens with zero attached hydrogens (tertiary/aromatic N) is 3. The molecular formula is C25H30Cl2N4O6S. The van der Waals surface area contributed by atoms with Gasteiger partial charge in [0.05, 0.1) is 16.9 Å². The lowest BCUT2D eigenvalue weighted by Gasteiger charge is -2.33. The summed E-state index contributed by atoms with van der Waals surface area (Å²) < 4.78 is 26.1.